The number of carbonyl (C=O) groups excluding carboxylic acids is 2. The first-order chi connectivity index (χ1) is 14.7. The van der Waals surface area contributed by atoms with Gasteiger partial charge in [0.2, 0.25) is 11.1 Å². The maximum atomic E-state index is 12.1. The van der Waals surface area contributed by atoms with E-state index >= 15 is 0 Å². The molecule has 2 aromatic carbocycles. The maximum absolute atomic E-state index is 12.1. The Kier molecular flexibility index (Phi) is 6.09. The number of ether oxygens (including phenoxy) is 2. The Morgan fingerprint density at radius 1 is 1.07 bits per heavy atom. The molecule has 0 fully saturated rings. The summed E-state index contributed by atoms with van der Waals surface area (Å²) in [6.07, 6.45) is 0. The Hall–Kier alpha value is -3.60. The Labute approximate surface area is 175 Å². The number of amides is 3. The summed E-state index contributed by atoms with van der Waals surface area (Å²) < 4.78 is 12.5. The van der Waals surface area contributed by atoms with E-state index in [2.05, 4.69) is 26.2 Å². The molecular formula is C19H18N6O4S. The average Bonchev–Trinajstić information content (AvgIpc) is 3.19. The van der Waals surface area contributed by atoms with Gasteiger partial charge < -0.3 is 14.8 Å². The van der Waals surface area contributed by atoms with Gasteiger partial charge in [0, 0.05) is 11.8 Å². The van der Waals surface area contributed by atoms with Crippen molar-refractivity contribution in [1.29, 1.82) is 0 Å². The molecule has 3 amide bonds. The van der Waals surface area contributed by atoms with Crippen molar-refractivity contribution in [2.75, 3.05) is 24.3 Å². The van der Waals surface area contributed by atoms with Crippen molar-refractivity contribution in [2.24, 2.45) is 0 Å². The predicted molar refractivity (Wildman–Crippen MR) is 109 cm³/mol. The van der Waals surface area contributed by atoms with Gasteiger partial charge in [0.25, 0.3) is 0 Å². The zero-order valence-electron chi connectivity index (χ0n) is 15.8. The number of imide groups is 1. The van der Waals surface area contributed by atoms with E-state index in [1.807, 2.05) is 30.3 Å². The van der Waals surface area contributed by atoms with Gasteiger partial charge in [-0.2, -0.15) is 0 Å². The smallest absolute Gasteiger partial charge is 0.325 e. The van der Waals surface area contributed by atoms with E-state index in [1.54, 1.807) is 22.9 Å². The van der Waals surface area contributed by atoms with Crippen molar-refractivity contribution in [3.05, 3.63) is 54.1 Å². The number of urea groups is 1. The average molecular weight is 426 g/mol. The van der Waals surface area contributed by atoms with Crippen LogP contribution in [0.2, 0.25) is 0 Å². The first kappa shape index (κ1) is 19.7. The summed E-state index contributed by atoms with van der Waals surface area (Å²) >= 11 is 1.15. The molecule has 2 heterocycles. The quantitative estimate of drug-likeness (QED) is 0.574. The zero-order chi connectivity index (χ0) is 20.8. The number of benzene rings is 2. The van der Waals surface area contributed by atoms with Gasteiger partial charge in [-0.15, -0.1) is 5.10 Å². The standard InChI is InChI=1S/C19H18N6O4S/c26-17(12-30-19-22-23-24-25(19)11-13-4-2-1-3-5-13)21-18(27)20-14-6-7-15-16(10-14)29-9-8-28-15/h1-7,10H,8-9,11-12H2,(H2,20,21,26,27). The molecule has 0 saturated carbocycles. The number of carbonyl (C=O) groups is 2. The molecule has 30 heavy (non-hydrogen) atoms. The van der Waals surface area contributed by atoms with E-state index in [0.717, 1.165) is 17.3 Å². The van der Waals surface area contributed by atoms with Gasteiger partial charge in [0.1, 0.15) is 13.2 Å². The molecule has 3 aromatic rings. The van der Waals surface area contributed by atoms with Crippen LogP contribution in [-0.4, -0.2) is 51.1 Å². The minimum atomic E-state index is -0.638. The summed E-state index contributed by atoms with van der Waals surface area (Å²) in [6.45, 7) is 1.42. The van der Waals surface area contributed by atoms with E-state index in [4.69, 9.17) is 9.47 Å². The number of hydrogen-bond acceptors (Lipinski definition) is 8. The summed E-state index contributed by atoms with van der Waals surface area (Å²) in [4.78, 5) is 24.2. The Balaban J connectivity index is 1.27. The highest BCUT2D eigenvalue weighted by molar-refractivity contribution is 7.99. The first-order valence-corrected chi connectivity index (χ1v) is 10.1. The van der Waals surface area contributed by atoms with Crippen LogP contribution in [0.1, 0.15) is 5.56 Å². The van der Waals surface area contributed by atoms with Crippen molar-refractivity contribution >= 4 is 29.4 Å². The van der Waals surface area contributed by atoms with Crippen LogP contribution in [0.5, 0.6) is 11.5 Å². The molecule has 1 aliphatic heterocycles. The molecule has 0 atom stereocenters. The third-order valence-electron chi connectivity index (χ3n) is 4.06. The molecule has 11 heteroatoms. The monoisotopic (exact) mass is 426 g/mol. The normalized spacial score (nSPS) is 12.3. The lowest BCUT2D eigenvalue weighted by Gasteiger charge is -2.19. The third kappa shape index (κ3) is 5.06. The summed E-state index contributed by atoms with van der Waals surface area (Å²) in [5, 5.41) is 16.9. The van der Waals surface area contributed by atoms with E-state index in [-0.39, 0.29) is 5.75 Å². The van der Waals surface area contributed by atoms with E-state index in [0.29, 0.717) is 42.1 Å². The van der Waals surface area contributed by atoms with Gasteiger partial charge in [0.05, 0.1) is 12.3 Å². The number of anilines is 1. The topological polar surface area (TPSA) is 120 Å². The fraction of sp³-hybridized carbons (Fsp3) is 0.211. The number of rotatable bonds is 6. The van der Waals surface area contributed by atoms with E-state index in [1.165, 1.54) is 0 Å². The molecule has 10 nitrogen and oxygen atoms in total. The lowest BCUT2D eigenvalue weighted by Crippen LogP contribution is -2.35. The molecule has 0 bridgehead atoms. The molecule has 1 aromatic heterocycles. The van der Waals surface area contributed by atoms with Crippen LogP contribution >= 0.6 is 11.8 Å². The summed E-state index contributed by atoms with van der Waals surface area (Å²) in [5.41, 5.74) is 1.53. The minimum absolute atomic E-state index is 0.0102. The highest BCUT2D eigenvalue weighted by Crippen LogP contribution is 2.32. The molecule has 0 saturated heterocycles. The third-order valence-corrected chi connectivity index (χ3v) is 5.02. The molecule has 4 rings (SSSR count). The van der Waals surface area contributed by atoms with Crippen LogP contribution in [0.15, 0.2) is 53.7 Å². The van der Waals surface area contributed by atoms with Crippen LogP contribution in [0, 0.1) is 0 Å². The number of aromatic nitrogens is 4. The van der Waals surface area contributed by atoms with Crippen LogP contribution in [0.4, 0.5) is 10.5 Å². The van der Waals surface area contributed by atoms with Gasteiger partial charge in [-0.25, -0.2) is 9.48 Å². The van der Waals surface area contributed by atoms with E-state index in [9.17, 15) is 9.59 Å². The van der Waals surface area contributed by atoms with Crippen LogP contribution in [-0.2, 0) is 11.3 Å². The predicted octanol–water partition coefficient (Wildman–Crippen LogP) is 1.93. The Morgan fingerprint density at radius 3 is 2.70 bits per heavy atom. The van der Waals surface area contributed by atoms with Gasteiger partial charge in [-0.05, 0) is 28.1 Å². The van der Waals surface area contributed by atoms with Crippen LogP contribution in [0.25, 0.3) is 0 Å². The summed E-state index contributed by atoms with van der Waals surface area (Å²) in [5.74, 6) is 0.687. The van der Waals surface area contributed by atoms with Crippen LogP contribution < -0.4 is 20.1 Å². The first-order valence-electron chi connectivity index (χ1n) is 9.11. The minimum Gasteiger partial charge on any atom is -0.486 e. The number of nitrogens with zero attached hydrogens (tertiary/aromatic N) is 4. The van der Waals surface area contributed by atoms with Crippen molar-refractivity contribution in [1.82, 2.24) is 25.5 Å². The highest BCUT2D eigenvalue weighted by Gasteiger charge is 2.15. The largest absolute Gasteiger partial charge is 0.486 e. The number of thioether (sulfide) groups is 1. The van der Waals surface area contributed by atoms with Crippen molar-refractivity contribution in [3.63, 3.8) is 0 Å². The fourth-order valence-electron chi connectivity index (χ4n) is 2.73. The zero-order valence-corrected chi connectivity index (χ0v) is 16.6. The van der Waals surface area contributed by atoms with Crippen molar-refractivity contribution < 1.29 is 19.1 Å². The number of tetrazole rings is 1. The summed E-state index contributed by atoms with van der Waals surface area (Å²) in [6, 6.07) is 14.1. The summed E-state index contributed by atoms with van der Waals surface area (Å²) in [7, 11) is 0. The number of hydrogen-bond donors (Lipinski definition) is 2. The Morgan fingerprint density at radius 2 is 1.87 bits per heavy atom. The molecule has 0 aliphatic carbocycles. The number of nitrogens with one attached hydrogen (secondary N) is 2. The molecule has 0 unspecified atom stereocenters. The Bertz CT molecular complexity index is 1040. The van der Waals surface area contributed by atoms with Gasteiger partial charge in [-0.1, -0.05) is 42.1 Å². The van der Waals surface area contributed by atoms with Gasteiger partial charge >= 0.3 is 6.03 Å². The van der Waals surface area contributed by atoms with Crippen molar-refractivity contribution in [3.8, 4) is 11.5 Å². The van der Waals surface area contributed by atoms with Crippen molar-refractivity contribution in [2.45, 2.75) is 11.7 Å². The molecule has 154 valence electrons. The fourth-order valence-corrected chi connectivity index (χ4v) is 3.41. The number of fused-ring (bicyclic) bond motifs is 1. The molecular weight excluding hydrogens is 408 g/mol. The SMILES string of the molecule is O=C(CSc1nnnn1Cc1ccccc1)NC(=O)Nc1ccc2c(c1)OCCO2. The molecule has 2 N–H and O–H groups in total. The van der Waals surface area contributed by atoms with Crippen LogP contribution in [0.3, 0.4) is 0 Å². The maximum Gasteiger partial charge on any atom is 0.325 e. The van der Waals surface area contributed by atoms with E-state index < -0.39 is 11.9 Å². The lowest BCUT2D eigenvalue weighted by molar-refractivity contribution is -0.117. The van der Waals surface area contributed by atoms with Gasteiger partial charge in [-0.3, -0.25) is 10.1 Å². The highest BCUT2D eigenvalue weighted by atomic mass is 32.2. The van der Waals surface area contributed by atoms with Gasteiger partial charge in [0.15, 0.2) is 11.5 Å². The molecule has 1 aliphatic rings. The molecule has 0 spiro atoms. The second kappa shape index (κ2) is 9.27. The lowest BCUT2D eigenvalue weighted by atomic mass is 10.2. The molecule has 0 radical (unpaired) electrons. The second-order valence-electron chi connectivity index (χ2n) is 6.25. The second-order valence-corrected chi connectivity index (χ2v) is 7.20.